The molecule has 0 saturated carbocycles. The summed E-state index contributed by atoms with van der Waals surface area (Å²) < 4.78 is 19.0. The summed E-state index contributed by atoms with van der Waals surface area (Å²) in [5, 5.41) is 0.602. The van der Waals surface area contributed by atoms with Crippen molar-refractivity contribution in [2.45, 2.75) is 19.4 Å². The summed E-state index contributed by atoms with van der Waals surface area (Å²) in [6, 6.07) is 11.0. The molecular formula is C18H14ClFN2O3. The third-order valence-electron chi connectivity index (χ3n) is 3.71. The van der Waals surface area contributed by atoms with Crippen molar-refractivity contribution in [1.82, 2.24) is 9.97 Å². The first-order chi connectivity index (χ1) is 12.0. The maximum Gasteiger partial charge on any atom is 0.311 e. The zero-order chi connectivity index (χ0) is 18.0. The van der Waals surface area contributed by atoms with Crippen molar-refractivity contribution in [2.75, 3.05) is 0 Å². The lowest BCUT2D eigenvalue weighted by Gasteiger charge is -2.13. The van der Waals surface area contributed by atoms with Gasteiger partial charge >= 0.3 is 5.97 Å². The Morgan fingerprint density at radius 1 is 1.28 bits per heavy atom. The molecule has 0 aliphatic rings. The van der Waals surface area contributed by atoms with Crippen molar-refractivity contribution in [1.29, 1.82) is 0 Å². The van der Waals surface area contributed by atoms with E-state index in [0.717, 1.165) is 0 Å². The predicted octanol–water partition coefficient (Wildman–Crippen LogP) is 3.56. The summed E-state index contributed by atoms with van der Waals surface area (Å²) in [5.74, 6) is -1.03. The molecule has 128 valence electrons. The summed E-state index contributed by atoms with van der Waals surface area (Å²) >= 11 is 5.91. The van der Waals surface area contributed by atoms with E-state index >= 15 is 0 Å². The summed E-state index contributed by atoms with van der Waals surface area (Å²) in [4.78, 5) is 31.0. The molecule has 0 radical (unpaired) electrons. The molecule has 0 fully saturated rings. The molecule has 0 aliphatic heterocycles. The van der Waals surface area contributed by atoms with E-state index in [0.29, 0.717) is 10.9 Å². The van der Waals surface area contributed by atoms with E-state index in [9.17, 15) is 14.0 Å². The first kappa shape index (κ1) is 17.1. The Kier molecular flexibility index (Phi) is 4.81. The summed E-state index contributed by atoms with van der Waals surface area (Å²) in [6.07, 6.45) is -1.11. The fourth-order valence-corrected chi connectivity index (χ4v) is 2.67. The molecule has 0 amide bonds. The highest BCUT2D eigenvalue weighted by Gasteiger charge is 2.18. The predicted molar refractivity (Wildman–Crippen MR) is 92.0 cm³/mol. The lowest BCUT2D eigenvalue weighted by molar-refractivity contribution is -0.148. The topological polar surface area (TPSA) is 72.0 Å². The van der Waals surface area contributed by atoms with E-state index in [1.807, 2.05) is 0 Å². The number of hydrogen-bond acceptors (Lipinski definition) is 4. The molecule has 1 N–H and O–H groups in total. The van der Waals surface area contributed by atoms with Crippen molar-refractivity contribution in [2.24, 2.45) is 0 Å². The summed E-state index contributed by atoms with van der Waals surface area (Å²) in [7, 11) is 0. The van der Waals surface area contributed by atoms with Crippen molar-refractivity contribution < 1.29 is 13.9 Å². The van der Waals surface area contributed by atoms with Crippen molar-refractivity contribution in [3.8, 4) is 0 Å². The fourth-order valence-electron chi connectivity index (χ4n) is 2.44. The Morgan fingerprint density at radius 2 is 2.04 bits per heavy atom. The zero-order valence-corrected chi connectivity index (χ0v) is 14.0. The number of para-hydroxylation sites is 1. The molecule has 1 atom stereocenters. The average Bonchev–Trinajstić information content (AvgIpc) is 2.58. The van der Waals surface area contributed by atoms with E-state index in [1.54, 1.807) is 31.2 Å². The standard InChI is InChI=1S/C18H14ClFN2O3/c1-10(17-21-15-8-3-2-5-11(15)18(24)22-17)25-16(23)9-12-13(19)6-4-7-14(12)20/h2-8,10H,9H2,1H3,(H,21,22,24)/t10-/m1/s1. The third kappa shape index (κ3) is 3.69. The van der Waals surface area contributed by atoms with Crippen LogP contribution in [0.2, 0.25) is 5.02 Å². The summed E-state index contributed by atoms with van der Waals surface area (Å²) in [5.41, 5.74) is 0.253. The lowest BCUT2D eigenvalue weighted by Crippen LogP contribution is -2.18. The number of nitrogens with one attached hydrogen (secondary N) is 1. The number of ether oxygens (including phenoxy) is 1. The van der Waals surface area contributed by atoms with Crippen LogP contribution in [0.3, 0.4) is 0 Å². The number of nitrogens with zero attached hydrogens (tertiary/aromatic N) is 1. The Bertz CT molecular complexity index is 983. The van der Waals surface area contributed by atoms with Gasteiger partial charge in [0.1, 0.15) is 5.82 Å². The molecule has 1 heterocycles. The molecule has 0 aliphatic carbocycles. The molecule has 0 saturated heterocycles. The van der Waals surface area contributed by atoms with Crippen molar-refractivity contribution in [3.63, 3.8) is 0 Å². The normalized spacial score (nSPS) is 12.1. The van der Waals surface area contributed by atoms with Crippen molar-refractivity contribution >= 4 is 28.5 Å². The highest BCUT2D eigenvalue weighted by molar-refractivity contribution is 6.31. The van der Waals surface area contributed by atoms with Gasteiger partial charge in [-0.3, -0.25) is 9.59 Å². The number of fused-ring (bicyclic) bond motifs is 1. The SMILES string of the molecule is C[C@@H](OC(=O)Cc1c(F)cccc1Cl)c1nc2ccccc2c(=O)[nH]1. The van der Waals surface area contributed by atoms with Crippen molar-refractivity contribution in [3.05, 3.63) is 75.0 Å². The quantitative estimate of drug-likeness (QED) is 0.722. The number of halogens is 2. The van der Waals surface area contributed by atoms with E-state index in [-0.39, 0.29) is 28.4 Å². The second-order valence-corrected chi connectivity index (χ2v) is 5.88. The van der Waals surface area contributed by atoms with Gasteiger partial charge in [0, 0.05) is 10.6 Å². The van der Waals surface area contributed by atoms with Crippen LogP contribution in [0.4, 0.5) is 4.39 Å². The molecule has 0 unspecified atom stereocenters. The van der Waals surface area contributed by atoms with Crippen LogP contribution in [0, 0.1) is 5.82 Å². The monoisotopic (exact) mass is 360 g/mol. The number of rotatable bonds is 4. The van der Waals surface area contributed by atoms with Gasteiger partial charge in [0.15, 0.2) is 11.9 Å². The molecule has 0 bridgehead atoms. The van der Waals surface area contributed by atoms with E-state index in [2.05, 4.69) is 9.97 Å². The van der Waals surface area contributed by atoms with Gasteiger partial charge in [-0.25, -0.2) is 9.37 Å². The highest BCUT2D eigenvalue weighted by atomic mass is 35.5. The smallest absolute Gasteiger partial charge is 0.311 e. The molecule has 7 heteroatoms. The number of aromatic nitrogens is 2. The first-order valence-electron chi connectivity index (χ1n) is 7.57. The largest absolute Gasteiger partial charge is 0.454 e. The number of benzene rings is 2. The molecule has 5 nitrogen and oxygen atoms in total. The van der Waals surface area contributed by atoms with Crippen LogP contribution in [0.5, 0.6) is 0 Å². The number of esters is 1. The maximum atomic E-state index is 13.7. The number of carbonyl (C=O) groups is 1. The minimum absolute atomic E-state index is 0.0707. The number of carbonyl (C=O) groups excluding carboxylic acids is 1. The van der Waals surface area contributed by atoms with Crippen LogP contribution in [0.1, 0.15) is 24.4 Å². The van der Waals surface area contributed by atoms with Gasteiger partial charge in [-0.15, -0.1) is 0 Å². The van der Waals surface area contributed by atoms with Gasteiger partial charge in [-0.1, -0.05) is 29.8 Å². The molecule has 3 aromatic rings. The minimum atomic E-state index is -0.796. The van der Waals surface area contributed by atoms with Crippen LogP contribution in [0.25, 0.3) is 10.9 Å². The number of hydrogen-bond donors (Lipinski definition) is 1. The first-order valence-corrected chi connectivity index (χ1v) is 7.95. The van der Waals surface area contributed by atoms with Gasteiger partial charge in [-0.2, -0.15) is 0 Å². The van der Waals surface area contributed by atoms with E-state index in [4.69, 9.17) is 16.3 Å². The molecule has 1 aromatic heterocycles. The molecule has 2 aromatic carbocycles. The van der Waals surface area contributed by atoms with Gasteiger partial charge < -0.3 is 9.72 Å². The lowest BCUT2D eigenvalue weighted by atomic mass is 10.1. The zero-order valence-electron chi connectivity index (χ0n) is 13.3. The van der Waals surface area contributed by atoms with Crippen LogP contribution in [-0.2, 0) is 16.0 Å². The Labute approximate surface area is 147 Å². The number of H-pyrrole nitrogens is 1. The highest BCUT2D eigenvalue weighted by Crippen LogP contribution is 2.21. The Morgan fingerprint density at radius 3 is 2.80 bits per heavy atom. The van der Waals surface area contributed by atoms with Gasteiger partial charge in [-0.05, 0) is 31.2 Å². The molecule has 0 spiro atoms. The average molecular weight is 361 g/mol. The Balaban J connectivity index is 1.79. The maximum absolute atomic E-state index is 13.7. The second-order valence-electron chi connectivity index (χ2n) is 5.48. The van der Waals surface area contributed by atoms with Gasteiger partial charge in [0.05, 0.1) is 17.3 Å². The molecular weight excluding hydrogens is 347 g/mol. The summed E-state index contributed by atoms with van der Waals surface area (Å²) in [6.45, 7) is 1.58. The van der Waals surface area contributed by atoms with Gasteiger partial charge in [0.2, 0.25) is 0 Å². The van der Waals surface area contributed by atoms with Crippen LogP contribution in [-0.4, -0.2) is 15.9 Å². The third-order valence-corrected chi connectivity index (χ3v) is 4.06. The molecule has 3 rings (SSSR count). The van der Waals surface area contributed by atoms with Crippen LogP contribution < -0.4 is 5.56 Å². The van der Waals surface area contributed by atoms with Crippen LogP contribution in [0.15, 0.2) is 47.3 Å². The number of aromatic amines is 1. The van der Waals surface area contributed by atoms with E-state index < -0.39 is 17.9 Å². The fraction of sp³-hybridized carbons (Fsp3) is 0.167. The van der Waals surface area contributed by atoms with E-state index in [1.165, 1.54) is 18.2 Å². The second kappa shape index (κ2) is 7.03. The van der Waals surface area contributed by atoms with Crippen LogP contribution >= 0.6 is 11.6 Å². The Hall–Kier alpha value is -2.73. The minimum Gasteiger partial charge on any atom is -0.454 e. The molecule has 25 heavy (non-hydrogen) atoms. The van der Waals surface area contributed by atoms with Gasteiger partial charge in [0.25, 0.3) is 5.56 Å².